The van der Waals surface area contributed by atoms with Crippen LogP contribution in [0.15, 0.2) is 18.2 Å². The molecule has 1 aliphatic rings. The van der Waals surface area contributed by atoms with Crippen molar-refractivity contribution in [3.05, 3.63) is 29.3 Å². The number of carboxylic acids is 1. The summed E-state index contributed by atoms with van der Waals surface area (Å²) in [6.45, 7) is 7.99. The third-order valence-electron chi connectivity index (χ3n) is 4.34. The number of hydrogen-bond donors (Lipinski definition) is 1. The monoisotopic (exact) mass is 333 g/mol. The van der Waals surface area contributed by atoms with Crippen LogP contribution >= 0.6 is 0 Å². The number of benzene rings is 1. The summed E-state index contributed by atoms with van der Waals surface area (Å²) in [4.78, 5) is 25.3. The van der Waals surface area contributed by atoms with Gasteiger partial charge in [0.1, 0.15) is 5.75 Å². The molecule has 1 unspecified atom stereocenters. The lowest BCUT2D eigenvalue weighted by Gasteiger charge is -2.25. The number of amides is 1. The number of hydrogen-bond acceptors (Lipinski definition) is 3. The Bertz CT molecular complexity index is 607. The number of nitrogens with zero attached hydrogens (tertiary/aromatic N) is 1. The summed E-state index contributed by atoms with van der Waals surface area (Å²) in [5.74, 6) is -0.542. The first-order chi connectivity index (χ1) is 11.3. The molecule has 5 nitrogen and oxygen atoms in total. The summed E-state index contributed by atoms with van der Waals surface area (Å²) in [7, 11) is 0. The SMILES string of the molecule is Cc1ccc(C(C)C)c(OCC(=O)N(CC(C)C(=O)O)C2CC2)c1. The lowest BCUT2D eigenvalue weighted by Crippen LogP contribution is -2.41. The van der Waals surface area contributed by atoms with Crippen LogP contribution in [0, 0.1) is 12.8 Å². The van der Waals surface area contributed by atoms with E-state index in [1.807, 2.05) is 25.1 Å². The van der Waals surface area contributed by atoms with E-state index >= 15 is 0 Å². The number of rotatable bonds is 8. The van der Waals surface area contributed by atoms with Crippen LogP contribution in [0.25, 0.3) is 0 Å². The van der Waals surface area contributed by atoms with Crippen molar-refractivity contribution >= 4 is 11.9 Å². The van der Waals surface area contributed by atoms with Crippen LogP contribution in [0.2, 0.25) is 0 Å². The highest BCUT2D eigenvalue weighted by Gasteiger charge is 2.34. The summed E-state index contributed by atoms with van der Waals surface area (Å²) >= 11 is 0. The lowest BCUT2D eigenvalue weighted by molar-refractivity contribution is -0.143. The largest absolute Gasteiger partial charge is 0.483 e. The number of carbonyl (C=O) groups is 2. The zero-order valence-corrected chi connectivity index (χ0v) is 14.9. The molecule has 0 bridgehead atoms. The van der Waals surface area contributed by atoms with Crippen molar-refractivity contribution in [2.45, 2.75) is 52.5 Å². The van der Waals surface area contributed by atoms with E-state index < -0.39 is 11.9 Å². The second-order valence-electron chi connectivity index (χ2n) is 7.00. The highest BCUT2D eigenvalue weighted by atomic mass is 16.5. The minimum atomic E-state index is -0.879. The second-order valence-corrected chi connectivity index (χ2v) is 7.00. The molecule has 1 aliphatic carbocycles. The maximum Gasteiger partial charge on any atom is 0.308 e. The van der Waals surface area contributed by atoms with Crippen molar-refractivity contribution in [1.29, 1.82) is 0 Å². The summed E-state index contributed by atoms with van der Waals surface area (Å²) < 4.78 is 5.80. The highest BCUT2D eigenvalue weighted by molar-refractivity contribution is 5.79. The molecular weight excluding hydrogens is 306 g/mol. The maximum atomic E-state index is 12.5. The van der Waals surface area contributed by atoms with E-state index in [0.717, 1.165) is 29.7 Å². The van der Waals surface area contributed by atoms with Crippen molar-refractivity contribution in [2.75, 3.05) is 13.2 Å². The van der Waals surface area contributed by atoms with E-state index in [4.69, 9.17) is 9.84 Å². The van der Waals surface area contributed by atoms with Crippen LogP contribution in [-0.2, 0) is 9.59 Å². The van der Waals surface area contributed by atoms with Gasteiger partial charge in [-0.05, 0) is 42.9 Å². The normalized spacial score (nSPS) is 15.2. The van der Waals surface area contributed by atoms with Gasteiger partial charge in [-0.25, -0.2) is 0 Å². The Balaban J connectivity index is 2.03. The fraction of sp³-hybridized carbons (Fsp3) is 0.579. The van der Waals surface area contributed by atoms with Gasteiger partial charge in [0.15, 0.2) is 6.61 Å². The van der Waals surface area contributed by atoms with Gasteiger partial charge in [-0.3, -0.25) is 9.59 Å². The van der Waals surface area contributed by atoms with Crippen molar-refractivity contribution < 1.29 is 19.4 Å². The smallest absolute Gasteiger partial charge is 0.308 e. The molecular formula is C19H27NO4. The quantitative estimate of drug-likeness (QED) is 0.793. The summed E-state index contributed by atoms with van der Waals surface area (Å²) in [5, 5.41) is 9.08. The van der Waals surface area contributed by atoms with Crippen molar-refractivity contribution in [3.8, 4) is 5.75 Å². The van der Waals surface area contributed by atoms with Crippen LogP contribution in [-0.4, -0.2) is 41.1 Å². The van der Waals surface area contributed by atoms with Crippen molar-refractivity contribution in [3.63, 3.8) is 0 Å². The predicted molar refractivity (Wildman–Crippen MR) is 92.3 cm³/mol. The number of carboxylic acid groups (broad SMARTS) is 1. The zero-order valence-electron chi connectivity index (χ0n) is 14.9. The van der Waals surface area contributed by atoms with E-state index in [9.17, 15) is 9.59 Å². The molecule has 0 aromatic heterocycles. The first kappa shape index (κ1) is 18.3. The van der Waals surface area contributed by atoms with E-state index in [-0.39, 0.29) is 25.1 Å². The molecule has 1 N–H and O–H groups in total. The van der Waals surface area contributed by atoms with Gasteiger partial charge in [0, 0.05) is 12.6 Å². The van der Waals surface area contributed by atoms with Gasteiger partial charge in [0.25, 0.3) is 5.91 Å². The Hall–Kier alpha value is -2.04. The van der Waals surface area contributed by atoms with Crippen molar-refractivity contribution in [2.24, 2.45) is 5.92 Å². The van der Waals surface area contributed by atoms with E-state index in [1.54, 1.807) is 11.8 Å². The Morgan fingerprint density at radius 3 is 2.50 bits per heavy atom. The predicted octanol–water partition coefficient (Wildman–Crippen LogP) is 3.21. The van der Waals surface area contributed by atoms with Gasteiger partial charge in [0.2, 0.25) is 0 Å². The minimum Gasteiger partial charge on any atom is -0.483 e. The average molecular weight is 333 g/mol. The number of carbonyl (C=O) groups excluding carboxylic acids is 1. The van der Waals surface area contributed by atoms with Crippen LogP contribution in [0.3, 0.4) is 0 Å². The number of aryl methyl sites for hydroxylation is 1. The summed E-state index contributed by atoms with van der Waals surface area (Å²) in [5.41, 5.74) is 2.16. The molecule has 0 saturated heterocycles. The van der Waals surface area contributed by atoms with Gasteiger partial charge < -0.3 is 14.7 Å². The van der Waals surface area contributed by atoms with Gasteiger partial charge >= 0.3 is 5.97 Å². The van der Waals surface area contributed by atoms with Gasteiger partial charge in [0.05, 0.1) is 5.92 Å². The Morgan fingerprint density at radius 2 is 1.96 bits per heavy atom. The third kappa shape index (κ3) is 4.73. The van der Waals surface area contributed by atoms with Gasteiger partial charge in [-0.2, -0.15) is 0 Å². The Kier molecular flexibility index (Phi) is 5.86. The fourth-order valence-electron chi connectivity index (χ4n) is 2.68. The molecule has 132 valence electrons. The summed E-state index contributed by atoms with van der Waals surface area (Å²) in [6, 6.07) is 6.19. The zero-order chi connectivity index (χ0) is 17.9. The molecule has 1 aromatic rings. The molecule has 5 heteroatoms. The first-order valence-corrected chi connectivity index (χ1v) is 8.55. The highest BCUT2D eigenvalue weighted by Crippen LogP contribution is 2.29. The Labute approximate surface area is 143 Å². The molecule has 0 aliphatic heterocycles. The molecule has 1 saturated carbocycles. The summed E-state index contributed by atoms with van der Waals surface area (Å²) in [6.07, 6.45) is 1.89. The van der Waals surface area contributed by atoms with Crippen molar-refractivity contribution in [1.82, 2.24) is 4.90 Å². The van der Waals surface area contributed by atoms with Gasteiger partial charge in [-0.1, -0.05) is 32.9 Å². The lowest BCUT2D eigenvalue weighted by atomic mass is 10.0. The van der Waals surface area contributed by atoms with Crippen LogP contribution in [0.4, 0.5) is 0 Å². The standard InChI is InChI=1S/C19H27NO4/c1-12(2)16-8-5-13(3)9-17(16)24-11-18(21)20(15-6-7-15)10-14(4)19(22)23/h5,8-9,12,14-15H,6-7,10-11H2,1-4H3,(H,22,23). The topological polar surface area (TPSA) is 66.8 Å². The van der Waals surface area contributed by atoms with Crippen LogP contribution < -0.4 is 4.74 Å². The molecule has 24 heavy (non-hydrogen) atoms. The number of aliphatic carboxylic acids is 1. The van der Waals surface area contributed by atoms with E-state index in [0.29, 0.717) is 5.92 Å². The van der Waals surface area contributed by atoms with Gasteiger partial charge in [-0.15, -0.1) is 0 Å². The fourth-order valence-corrected chi connectivity index (χ4v) is 2.68. The molecule has 1 amide bonds. The number of ether oxygens (including phenoxy) is 1. The second kappa shape index (κ2) is 7.69. The first-order valence-electron chi connectivity index (χ1n) is 8.55. The Morgan fingerprint density at radius 1 is 1.29 bits per heavy atom. The molecule has 0 radical (unpaired) electrons. The molecule has 1 fully saturated rings. The molecule has 2 rings (SSSR count). The van der Waals surface area contributed by atoms with E-state index in [2.05, 4.69) is 13.8 Å². The molecule has 0 heterocycles. The molecule has 1 atom stereocenters. The average Bonchev–Trinajstić information content (AvgIpc) is 3.34. The minimum absolute atomic E-state index is 0.0496. The maximum absolute atomic E-state index is 12.5. The van der Waals surface area contributed by atoms with E-state index in [1.165, 1.54) is 0 Å². The van der Waals surface area contributed by atoms with Crippen LogP contribution in [0.1, 0.15) is 50.7 Å². The third-order valence-corrected chi connectivity index (χ3v) is 4.34. The van der Waals surface area contributed by atoms with Crippen LogP contribution in [0.5, 0.6) is 5.75 Å². The molecule has 0 spiro atoms. The molecule has 1 aromatic carbocycles.